The van der Waals surface area contributed by atoms with Crippen LogP contribution in [-0.4, -0.2) is 52.2 Å². The van der Waals surface area contributed by atoms with Gasteiger partial charge >= 0.3 is 6.09 Å². The monoisotopic (exact) mass is 370 g/mol. The van der Waals surface area contributed by atoms with Crippen LogP contribution in [0, 0.1) is 0 Å². The number of nitrogens with zero attached hydrogens (tertiary/aromatic N) is 4. The minimum absolute atomic E-state index is 0.468. The Kier molecular flexibility index (Phi) is 3.86. The highest BCUT2D eigenvalue weighted by Gasteiger charge is 2.22. The number of anilines is 1. The van der Waals surface area contributed by atoms with E-state index in [1.54, 1.807) is 6.07 Å². The molecule has 6 nitrogen and oxygen atoms in total. The summed E-state index contributed by atoms with van der Waals surface area (Å²) in [6.07, 6.45) is 0.627. The molecule has 0 bridgehead atoms. The zero-order valence-electron chi connectivity index (χ0n) is 11.0. The molecule has 3 rings (SSSR count). The van der Waals surface area contributed by atoms with Crippen molar-refractivity contribution >= 4 is 50.3 Å². The van der Waals surface area contributed by atoms with E-state index in [9.17, 15) is 4.79 Å². The van der Waals surface area contributed by atoms with E-state index in [2.05, 4.69) is 30.8 Å². The standard InChI is InChI=1S/C13H12BrClN4O2/c14-9-5-8-11(6-10(9)15)16-7-17-12(8)18-1-3-19(4-2-18)13(20)21/h5-7H,1-4H2,(H,20,21). The van der Waals surface area contributed by atoms with Gasteiger partial charge in [-0.2, -0.15) is 0 Å². The van der Waals surface area contributed by atoms with E-state index < -0.39 is 6.09 Å². The summed E-state index contributed by atoms with van der Waals surface area (Å²) >= 11 is 9.50. The number of carbonyl (C=O) groups is 1. The zero-order valence-corrected chi connectivity index (χ0v) is 13.3. The molecule has 2 heterocycles. The molecule has 1 amide bonds. The van der Waals surface area contributed by atoms with Crippen molar-refractivity contribution in [2.24, 2.45) is 0 Å². The maximum Gasteiger partial charge on any atom is 0.407 e. The highest BCUT2D eigenvalue weighted by molar-refractivity contribution is 9.10. The van der Waals surface area contributed by atoms with Gasteiger partial charge in [0.15, 0.2) is 0 Å². The second kappa shape index (κ2) is 5.65. The highest BCUT2D eigenvalue weighted by Crippen LogP contribution is 2.31. The molecule has 1 N–H and O–H groups in total. The number of amides is 1. The molecule has 0 radical (unpaired) electrons. The van der Waals surface area contributed by atoms with Gasteiger partial charge < -0.3 is 14.9 Å². The maximum atomic E-state index is 11.0. The minimum atomic E-state index is -0.878. The normalized spacial score (nSPS) is 15.5. The van der Waals surface area contributed by atoms with E-state index in [0.29, 0.717) is 31.2 Å². The molecule has 0 aliphatic carbocycles. The number of halogens is 2. The van der Waals surface area contributed by atoms with E-state index in [1.807, 2.05) is 6.07 Å². The summed E-state index contributed by atoms with van der Waals surface area (Å²) in [6, 6.07) is 3.69. The fourth-order valence-electron chi connectivity index (χ4n) is 2.40. The van der Waals surface area contributed by atoms with Gasteiger partial charge in [-0.1, -0.05) is 11.6 Å². The molecule has 1 saturated heterocycles. The molecule has 0 unspecified atom stereocenters. The SMILES string of the molecule is O=C(O)N1CCN(c2ncnc3cc(Cl)c(Br)cc23)CC1. The summed E-state index contributed by atoms with van der Waals surface area (Å²) in [5.41, 5.74) is 0.772. The Morgan fingerprint density at radius 1 is 1.24 bits per heavy atom. The Morgan fingerprint density at radius 3 is 2.62 bits per heavy atom. The van der Waals surface area contributed by atoms with Crippen LogP contribution >= 0.6 is 27.5 Å². The number of benzene rings is 1. The summed E-state index contributed by atoms with van der Waals surface area (Å²) in [5, 5.41) is 10.5. The summed E-state index contributed by atoms with van der Waals surface area (Å²) in [6.45, 7) is 2.16. The molecule has 1 aliphatic heterocycles. The van der Waals surface area contributed by atoms with Gasteiger partial charge in [-0.25, -0.2) is 14.8 Å². The van der Waals surface area contributed by atoms with Crippen LogP contribution in [0.1, 0.15) is 0 Å². The Labute approximate surface area is 134 Å². The Bertz CT molecular complexity index is 704. The fourth-order valence-corrected chi connectivity index (χ4v) is 2.90. The third-order valence-corrected chi connectivity index (χ3v) is 4.70. The first-order valence-electron chi connectivity index (χ1n) is 6.39. The van der Waals surface area contributed by atoms with Crippen LogP contribution in [0.25, 0.3) is 10.9 Å². The Balaban J connectivity index is 1.94. The third kappa shape index (κ3) is 2.75. The second-order valence-corrected chi connectivity index (χ2v) is 6.00. The third-order valence-electron chi connectivity index (χ3n) is 3.51. The first-order chi connectivity index (χ1) is 10.1. The van der Waals surface area contributed by atoms with Crippen molar-refractivity contribution in [1.29, 1.82) is 0 Å². The lowest BCUT2D eigenvalue weighted by Gasteiger charge is -2.34. The zero-order chi connectivity index (χ0) is 15.0. The lowest BCUT2D eigenvalue weighted by molar-refractivity contribution is 0.142. The van der Waals surface area contributed by atoms with Gasteiger partial charge in [-0.15, -0.1) is 0 Å². The number of piperazine rings is 1. The van der Waals surface area contributed by atoms with Crippen LogP contribution < -0.4 is 4.90 Å². The van der Waals surface area contributed by atoms with Crippen molar-refractivity contribution in [2.45, 2.75) is 0 Å². The predicted octanol–water partition coefficient (Wildman–Crippen LogP) is 2.85. The Hall–Kier alpha value is -1.60. The van der Waals surface area contributed by atoms with Crippen molar-refractivity contribution in [3.8, 4) is 0 Å². The lowest BCUT2D eigenvalue weighted by atomic mass is 10.2. The second-order valence-electron chi connectivity index (χ2n) is 4.74. The smallest absolute Gasteiger partial charge is 0.407 e. The largest absolute Gasteiger partial charge is 0.465 e. The Morgan fingerprint density at radius 2 is 1.95 bits per heavy atom. The van der Waals surface area contributed by atoms with Crippen LogP contribution in [0.5, 0.6) is 0 Å². The molecule has 110 valence electrons. The van der Waals surface area contributed by atoms with Gasteiger partial charge in [0.05, 0.1) is 10.5 Å². The first-order valence-corrected chi connectivity index (χ1v) is 7.56. The van der Waals surface area contributed by atoms with Gasteiger partial charge in [0.1, 0.15) is 12.1 Å². The fraction of sp³-hybridized carbons (Fsp3) is 0.308. The van der Waals surface area contributed by atoms with Gasteiger partial charge in [0.25, 0.3) is 0 Å². The molecular formula is C13H12BrClN4O2. The molecule has 1 aliphatic rings. The number of carboxylic acid groups (broad SMARTS) is 1. The van der Waals surface area contributed by atoms with E-state index in [-0.39, 0.29) is 0 Å². The number of hydrogen-bond donors (Lipinski definition) is 1. The first kappa shape index (κ1) is 14.3. The molecule has 21 heavy (non-hydrogen) atoms. The van der Waals surface area contributed by atoms with Gasteiger partial charge in [0.2, 0.25) is 0 Å². The summed E-state index contributed by atoms with van der Waals surface area (Å²) in [4.78, 5) is 23.0. The van der Waals surface area contributed by atoms with Crippen molar-refractivity contribution in [3.05, 3.63) is 28.0 Å². The van der Waals surface area contributed by atoms with Crippen molar-refractivity contribution in [3.63, 3.8) is 0 Å². The van der Waals surface area contributed by atoms with Gasteiger partial charge in [0, 0.05) is 36.0 Å². The summed E-state index contributed by atoms with van der Waals surface area (Å²) < 4.78 is 0.789. The van der Waals surface area contributed by atoms with E-state index in [0.717, 1.165) is 21.2 Å². The molecule has 1 aromatic carbocycles. The highest BCUT2D eigenvalue weighted by atomic mass is 79.9. The molecule has 0 spiro atoms. The molecule has 0 atom stereocenters. The van der Waals surface area contributed by atoms with Crippen LogP contribution in [-0.2, 0) is 0 Å². The molecule has 0 saturated carbocycles. The van der Waals surface area contributed by atoms with Gasteiger partial charge in [-0.3, -0.25) is 0 Å². The molecule has 2 aromatic rings. The maximum absolute atomic E-state index is 11.0. The van der Waals surface area contributed by atoms with Crippen LogP contribution in [0.3, 0.4) is 0 Å². The molecule has 1 fully saturated rings. The van der Waals surface area contributed by atoms with E-state index >= 15 is 0 Å². The summed E-state index contributed by atoms with van der Waals surface area (Å²) in [5.74, 6) is 0.808. The summed E-state index contributed by atoms with van der Waals surface area (Å²) in [7, 11) is 0. The van der Waals surface area contributed by atoms with Crippen molar-refractivity contribution in [1.82, 2.24) is 14.9 Å². The average molecular weight is 372 g/mol. The predicted molar refractivity (Wildman–Crippen MR) is 84.1 cm³/mol. The minimum Gasteiger partial charge on any atom is -0.465 e. The number of aromatic nitrogens is 2. The number of hydrogen-bond acceptors (Lipinski definition) is 4. The van der Waals surface area contributed by atoms with Crippen molar-refractivity contribution < 1.29 is 9.90 Å². The van der Waals surface area contributed by atoms with Crippen LogP contribution in [0.2, 0.25) is 5.02 Å². The van der Waals surface area contributed by atoms with Gasteiger partial charge in [-0.05, 0) is 28.1 Å². The molecular weight excluding hydrogens is 360 g/mol. The van der Waals surface area contributed by atoms with Crippen LogP contribution in [0.15, 0.2) is 22.9 Å². The lowest BCUT2D eigenvalue weighted by Crippen LogP contribution is -2.48. The van der Waals surface area contributed by atoms with Crippen LogP contribution in [0.4, 0.5) is 10.6 Å². The molecule has 8 heteroatoms. The topological polar surface area (TPSA) is 69.6 Å². The van der Waals surface area contributed by atoms with Crippen molar-refractivity contribution in [2.75, 3.05) is 31.1 Å². The van der Waals surface area contributed by atoms with E-state index in [1.165, 1.54) is 11.2 Å². The van der Waals surface area contributed by atoms with E-state index in [4.69, 9.17) is 16.7 Å². The average Bonchev–Trinajstić information content (AvgIpc) is 2.48. The number of rotatable bonds is 1. The quantitative estimate of drug-likeness (QED) is 0.835. The number of fused-ring (bicyclic) bond motifs is 1. The molecule has 1 aromatic heterocycles.